The molecule has 1 aromatic carbocycles. The van der Waals surface area contributed by atoms with Gasteiger partial charge in [-0.15, -0.1) is 11.8 Å². The Balaban J connectivity index is 2.53. The molecule has 0 aromatic heterocycles. The number of carbonyl (C=O) groups is 2. The first-order valence-corrected chi connectivity index (χ1v) is 6.43. The first-order valence-electron chi connectivity index (χ1n) is 5.55. The maximum atomic E-state index is 12.0. The van der Waals surface area contributed by atoms with Gasteiger partial charge in [-0.2, -0.15) is 0 Å². The van der Waals surface area contributed by atoms with E-state index < -0.39 is 12.5 Å². The number of aliphatic hydroxyl groups excluding tert-OH is 1. The Kier molecular flexibility index (Phi) is 3.70. The Labute approximate surface area is 109 Å². The molecule has 0 fully saturated rings. The smallest absolute Gasteiger partial charge is 0.259 e. The number of fused-ring (bicyclic) bond motifs is 1. The maximum absolute atomic E-state index is 12.0. The van der Waals surface area contributed by atoms with Gasteiger partial charge >= 0.3 is 0 Å². The molecule has 0 bridgehead atoms. The predicted octanol–water partition coefficient (Wildman–Crippen LogP) is 0.491. The number of hydrogen-bond donors (Lipinski definition) is 2. The molecule has 18 heavy (non-hydrogen) atoms. The number of nitrogens with two attached hydrogens (primary N) is 1. The number of nitrogens with zero attached hydrogens (tertiary/aromatic N) is 1. The number of benzene rings is 1. The van der Waals surface area contributed by atoms with Crippen molar-refractivity contribution >= 4 is 29.3 Å². The zero-order valence-corrected chi connectivity index (χ0v) is 10.7. The topological polar surface area (TPSA) is 83.6 Å². The van der Waals surface area contributed by atoms with Crippen molar-refractivity contribution in [2.45, 2.75) is 23.6 Å². The first kappa shape index (κ1) is 13.1. The number of imide groups is 1. The van der Waals surface area contributed by atoms with Crippen molar-refractivity contribution in [3.63, 3.8) is 0 Å². The van der Waals surface area contributed by atoms with Crippen LogP contribution in [-0.4, -0.2) is 28.8 Å². The number of carbonyl (C=O) groups excluding carboxylic acids is 2. The lowest BCUT2D eigenvalue weighted by molar-refractivity contribution is -0.127. The lowest BCUT2D eigenvalue weighted by Crippen LogP contribution is -2.45. The van der Waals surface area contributed by atoms with Gasteiger partial charge in [-0.1, -0.05) is 6.07 Å². The summed E-state index contributed by atoms with van der Waals surface area (Å²) in [6, 6.07) is 5.44. The summed E-state index contributed by atoms with van der Waals surface area (Å²) in [5.41, 5.74) is 6.91. The molecule has 1 aliphatic heterocycles. The highest BCUT2D eigenvalue weighted by atomic mass is 32.2. The SMILES string of the molecule is CC1Sc2ccc(CN)cc2N(C(=O)CO)C1=O. The van der Waals surface area contributed by atoms with Gasteiger partial charge in [0.1, 0.15) is 6.61 Å². The summed E-state index contributed by atoms with van der Waals surface area (Å²) in [5, 5.41) is 8.63. The van der Waals surface area contributed by atoms with E-state index in [4.69, 9.17) is 10.8 Å². The van der Waals surface area contributed by atoms with Crippen molar-refractivity contribution in [3.05, 3.63) is 23.8 Å². The van der Waals surface area contributed by atoms with Crippen LogP contribution < -0.4 is 10.6 Å². The van der Waals surface area contributed by atoms with Crippen molar-refractivity contribution in [1.29, 1.82) is 0 Å². The van der Waals surface area contributed by atoms with Crippen molar-refractivity contribution in [2.75, 3.05) is 11.5 Å². The van der Waals surface area contributed by atoms with Gasteiger partial charge in [-0.05, 0) is 24.6 Å². The molecule has 5 nitrogen and oxygen atoms in total. The van der Waals surface area contributed by atoms with E-state index in [1.807, 2.05) is 12.1 Å². The number of aliphatic hydroxyl groups is 1. The summed E-state index contributed by atoms with van der Waals surface area (Å²) in [6.45, 7) is 1.39. The molecule has 6 heteroatoms. The second-order valence-corrected chi connectivity index (χ2v) is 5.37. The monoisotopic (exact) mass is 266 g/mol. The normalized spacial score (nSPS) is 18.7. The third-order valence-corrected chi connectivity index (χ3v) is 3.91. The number of rotatable bonds is 2. The zero-order valence-electron chi connectivity index (χ0n) is 9.92. The molecule has 0 aliphatic carbocycles. The Bertz CT molecular complexity index is 504. The Morgan fingerprint density at radius 2 is 2.28 bits per heavy atom. The number of hydrogen-bond acceptors (Lipinski definition) is 5. The van der Waals surface area contributed by atoms with Crippen LogP contribution >= 0.6 is 11.8 Å². The largest absolute Gasteiger partial charge is 0.387 e. The third-order valence-electron chi connectivity index (χ3n) is 2.76. The van der Waals surface area contributed by atoms with Crippen LogP contribution in [0.2, 0.25) is 0 Å². The highest BCUT2D eigenvalue weighted by Gasteiger charge is 2.34. The molecule has 0 radical (unpaired) electrons. The van der Waals surface area contributed by atoms with E-state index in [2.05, 4.69) is 0 Å². The van der Waals surface area contributed by atoms with Crippen LogP contribution in [0.25, 0.3) is 0 Å². The van der Waals surface area contributed by atoms with E-state index >= 15 is 0 Å². The molecular weight excluding hydrogens is 252 g/mol. The van der Waals surface area contributed by atoms with Crippen LogP contribution in [-0.2, 0) is 16.1 Å². The van der Waals surface area contributed by atoms with Crippen molar-refractivity contribution < 1.29 is 14.7 Å². The summed E-state index contributed by atoms with van der Waals surface area (Å²) >= 11 is 1.40. The van der Waals surface area contributed by atoms with Gasteiger partial charge in [0.15, 0.2) is 0 Å². The Morgan fingerprint density at radius 3 is 2.89 bits per heavy atom. The van der Waals surface area contributed by atoms with E-state index in [-0.39, 0.29) is 11.2 Å². The van der Waals surface area contributed by atoms with Gasteiger partial charge in [0.2, 0.25) is 5.91 Å². The molecule has 1 aromatic rings. The predicted molar refractivity (Wildman–Crippen MR) is 69.2 cm³/mol. The molecule has 3 N–H and O–H groups in total. The van der Waals surface area contributed by atoms with Crippen LogP contribution in [0.3, 0.4) is 0 Å². The summed E-state index contributed by atoms with van der Waals surface area (Å²) < 4.78 is 0. The van der Waals surface area contributed by atoms with Gasteiger partial charge in [0.05, 0.1) is 10.9 Å². The fraction of sp³-hybridized carbons (Fsp3) is 0.333. The number of anilines is 1. The zero-order chi connectivity index (χ0) is 13.3. The lowest BCUT2D eigenvalue weighted by Gasteiger charge is -2.30. The highest BCUT2D eigenvalue weighted by molar-refractivity contribution is 8.01. The highest BCUT2D eigenvalue weighted by Crippen LogP contribution is 2.39. The molecule has 1 unspecified atom stereocenters. The van der Waals surface area contributed by atoms with Gasteiger partial charge in [-0.3, -0.25) is 9.59 Å². The van der Waals surface area contributed by atoms with Crippen molar-refractivity contribution in [3.8, 4) is 0 Å². The molecule has 0 saturated carbocycles. The maximum Gasteiger partial charge on any atom is 0.259 e. The van der Waals surface area contributed by atoms with E-state index in [0.29, 0.717) is 12.2 Å². The molecular formula is C12H14N2O3S. The fourth-order valence-electron chi connectivity index (χ4n) is 1.83. The minimum atomic E-state index is -0.685. The minimum Gasteiger partial charge on any atom is -0.387 e. The lowest BCUT2D eigenvalue weighted by atomic mass is 10.1. The third kappa shape index (κ3) is 2.14. The molecule has 96 valence electrons. The average molecular weight is 266 g/mol. The van der Waals surface area contributed by atoms with Crippen LogP contribution in [0.15, 0.2) is 23.1 Å². The summed E-state index contributed by atoms with van der Waals surface area (Å²) in [5.74, 6) is -0.914. The summed E-state index contributed by atoms with van der Waals surface area (Å²) in [4.78, 5) is 25.6. The second-order valence-electron chi connectivity index (χ2n) is 3.99. The van der Waals surface area contributed by atoms with Crippen molar-refractivity contribution in [1.82, 2.24) is 0 Å². The van der Waals surface area contributed by atoms with Crippen LogP contribution in [0.4, 0.5) is 5.69 Å². The summed E-state index contributed by atoms with van der Waals surface area (Å²) in [7, 11) is 0. The van der Waals surface area contributed by atoms with E-state index in [0.717, 1.165) is 15.4 Å². The molecule has 1 atom stereocenters. The number of thioether (sulfide) groups is 1. The quantitative estimate of drug-likeness (QED) is 0.814. The molecule has 0 saturated heterocycles. The fourth-order valence-corrected chi connectivity index (χ4v) is 2.84. The molecule has 1 heterocycles. The van der Waals surface area contributed by atoms with Gasteiger partial charge in [0, 0.05) is 11.4 Å². The Morgan fingerprint density at radius 1 is 1.56 bits per heavy atom. The first-order chi connectivity index (χ1) is 8.58. The van der Waals surface area contributed by atoms with E-state index in [9.17, 15) is 9.59 Å². The van der Waals surface area contributed by atoms with Crippen LogP contribution in [0.5, 0.6) is 0 Å². The van der Waals surface area contributed by atoms with Crippen molar-refractivity contribution in [2.24, 2.45) is 5.73 Å². The average Bonchev–Trinajstić information content (AvgIpc) is 2.39. The van der Waals surface area contributed by atoms with Gasteiger partial charge in [0.25, 0.3) is 5.91 Å². The molecule has 2 rings (SSSR count). The van der Waals surface area contributed by atoms with E-state index in [1.54, 1.807) is 13.0 Å². The minimum absolute atomic E-state index is 0.305. The molecule has 2 amide bonds. The second kappa shape index (κ2) is 5.09. The van der Waals surface area contributed by atoms with E-state index in [1.165, 1.54) is 11.8 Å². The number of amides is 2. The molecule has 1 aliphatic rings. The van der Waals surface area contributed by atoms with Crippen LogP contribution in [0, 0.1) is 0 Å². The molecule has 0 spiro atoms. The summed E-state index contributed by atoms with van der Waals surface area (Å²) in [6.07, 6.45) is 0. The van der Waals surface area contributed by atoms with Gasteiger partial charge < -0.3 is 10.8 Å². The standard InChI is InChI=1S/C12H14N2O3S/c1-7-12(17)14(11(16)6-15)9-4-8(5-13)2-3-10(9)18-7/h2-4,7,15H,5-6,13H2,1H3. The Hall–Kier alpha value is -1.37. The van der Waals surface area contributed by atoms with Gasteiger partial charge in [-0.25, -0.2) is 4.90 Å². The van der Waals surface area contributed by atoms with Crippen LogP contribution in [0.1, 0.15) is 12.5 Å².